The van der Waals surface area contributed by atoms with Gasteiger partial charge >= 0.3 is 0 Å². The Hall–Kier alpha value is -1.16. The van der Waals surface area contributed by atoms with E-state index in [9.17, 15) is 4.39 Å². The second kappa shape index (κ2) is 2.17. The molecule has 11 heavy (non-hydrogen) atoms. The fourth-order valence-corrected chi connectivity index (χ4v) is 1.03. The van der Waals surface area contributed by atoms with Gasteiger partial charge in [0.15, 0.2) is 11.5 Å². The van der Waals surface area contributed by atoms with E-state index >= 15 is 0 Å². The van der Waals surface area contributed by atoms with Gasteiger partial charge in [-0.3, -0.25) is 4.40 Å². The average molecular weight is 172 g/mol. The van der Waals surface area contributed by atoms with E-state index in [1.165, 1.54) is 16.5 Å². The van der Waals surface area contributed by atoms with Crippen LogP contribution in [0.2, 0.25) is 5.28 Å². The van der Waals surface area contributed by atoms with Crippen molar-refractivity contribution in [3.05, 3.63) is 29.4 Å². The predicted octanol–water partition coefficient (Wildman–Crippen LogP) is 1.52. The Bertz CT molecular complexity index is 398. The normalized spacial score (nSPS) is 10.7. The van der Waals surface area contributed by atoms with Crippen molar-refractivity contribution in [3.8, 4) is 0 Å². The van der Waals surface area contributed by atoms with Crippen molar-refractivity contribution in [2.24, 2.45) is 0 Å². The molecule has 2 aromatic rings. The third kappa shape index (κ3) is 0.867. The van der Waals surface area contributed by atoms with Gasteiger partial charge in [0, 0.05) is 6.20 Å². The van der Waals surface area contributed by atoms with Gasteiger partial charge in [0.2, 0.25) is 5.28 Å². The fourth-order valence-electron chi connectivity index (χ4n) is 0.855. The molecule has 0 N–H and O–H groups in total. The van der Waals surface area contributed by atoms with Gasteiger partial charge in [-0.05, 0) is 23.7 Å². The number of hydrogen-bond donors (Lipinski definition) is 0. The first-order valence-corrected chi connectivity index (χ1v) is 3.31. The molecular weight excluding hydrogens is 169 g/mol. The summed E-state index contributed by atoms with van der Waals surface area (Å²) in [5.74, 6) is -0.424. The number of nitrogens with zero attached hydrogens (tertiary/aromatic N) is 3. The van der Waals surface area contributed by atoms with E-state index < -0.39 is 5.82 Å². The maximum atomic E-state index is 12.8. The summed E-state index contributed by atoms with van der Waals surface area (Å²) < 4.78 is 14.2. The summed E-state index contributed by atoms with van der Waals surface area (Å²) in [4.78, 5) is 0. The summed E-state index contributed by atoms with van der Waals surface area (Å²) in [5.41, 5.74) is 0.150. The molecule has 0 aliphatic carbocycles. The Morgan fingerprint density at radius 2 is 2.27 bits per heavy atom. The van der Waals surface area contributed by atoms with Crippen molar-refractivity contribution < 1.29 is 4.39 Å². The number of aromatic nitrogens is 3. The van der Waals surface area contributed by atoms with Crippen LogP contribution in [0.15, 0.2) is 18.3 Å². The molecule has 0 atom stereocenters. The highest BCUT2D eigenvalue weighted by molar-refractivity contribution is 6.28. The van der Waals surface area contributed by atoms with Crippen LogP contribution in [0.4, 0.5) is 4.39 Å². The van der Waals surface area contributed by atoms with Crippen LogP contribution < -0.4 is 0 Å². The molecule has 2 heterocycles. The first-order chi connectivity index (χ1) is 5.29. The summed E-state index contributed by atoms with van der Waals surface area (Å²) in [6.07, 6.45) is 1.60. The molecule has 2 rings (SSSR count). The molecule has 56 valence electrons. The van der Waals surface area contributed by atoms with Crippen molar-refractivity contribution in [1.29, 1.82) is 0 Å². The van der Waals surface area contributed by atoms with E-state index in [1.54, 1.807) is 6.20 Å². The Morgan fingerprint density at radius 3 is 3.00 bits per heavy atom. The molecule has 5 heteroatoms. The van der Waals surface area contributed by atoms with Gasteiger partial charge in [0.05, 0.1) is 0 Å². The lowest BCUT2D eigenvalue weighted by Crippen LogP contribution is -1.86. The summed E-state index contributed by atoms with van der Waals surface area (Å²) in [7, 11) is 0. The van der Waals surface area contributed by atoms with Gasteiger partial charge in [-0.15, -0.1) is 10.2 Å². The van der Waals surface area contributed by atoms with Gasteiger partial charge in [-0.2, -0.15) is 0 Å². The topological polar surface area (TPSA) is 30.2 Å². The molecule has 0 aliphatic heterocycles. The van der Waals surface area contributed by atoms with E-state index in [2.05, 4.69) is 10.2 Å². The van der Waals surface area contributed by atoms with Crippen LogP contribution >= 0.6 is 11.6 Å². The highest BCUT2D eigenvalue weighted by Crippen LogP contribution is 2.10. The van der Waals surface area contributed by atoms with Gasteiger partial charge < -0.3 is 0 Å². The van der Waals surface area contributed by atoms with Crippen molar-refractivity contribution in [2.45, 2.75) is 0 Å². The highest BCUT2D eigenvalue weighted by atomic mass is 35.5. The van der Waals surface area contributed by atoms with Crippen molar-refractivity contribution in [2.75, 3.05) is 0 Å². The van der Waals surface area contributed by atoms with Crippen LogP contribution in [0, 0.1) is 5.82 Å². The summed E-state index contributed by atoms with van der Waals surface area (Å²) >= 11 is 5.57. The lowest BCUT2D eigenvalue weighted by Gasteiger charge is -1.91. The smallest absolute Gasteiger partial charge is 0.229 e. The first-order valence-electron chi connectivity index (χ1n) is 2.94. The van der Waals surface area contributed by atoms with Crippen LogP contribution in [-0.4, -0.2) is 14.6 Å². The molecule has 0 aliphatic rings. The largest absolute Gasteiger partial charge is 0.271 e. The van der Waals surface area contributed by atoms with Crippen LogP contribution in [0.1, 0.15) is 0 Å². The Morgan fingerprint density at radius 1 is 1.45 bits per heavy atom. The molecule has 0 radical (unpaired) electrons. The zero-order chi connectivity index (χ0) is 7.84. The van der Waals surface area contributed by atoms with Crippen LogP contribution in [0.25, 0.3) is 5.65 Å². The highest BCUT2D eigenvalue weighted by Gasteiger charge is 2.04. The van der Waals surface area contributed by atoms with E-state index in [0.717, 1.165) is 0 Å². The minimum absolute atomic E-state index is 0.150. The SMILES string of the molecule is Fc1cccn2c(Cl)nnc12. The predicted molar refractivity (Wildman–Crippen MR) is 38.0 cm³/mol. The average Bonchev–Trinajstić information content (AvgIpc) is 2.35. The van der Waals surface area contributed by atoms with Crippen molar-refractivity contribution >= 4 is 17.2 Å². The van der Waals surface area contributed by atoms with Gasteiger partial charge in [-0.25, -0.2) is 4.39 Å². The van der Waals surface area contributed by atoms with Crippen molar-refractivity contribution in [3.63, 3.8) is 0 Å². The minimum Gasteiger partial charge on any atom is -0.271 e. The molecule has 2 aromatic heterocycles. The number of rotatable bonds is 0. The number of pyridine rings is 1. The summed E-state index contributed by atoms with van der Waals surface area (Å²) in [6, 6.07) is 2.85. The van der Waals surface area contributed by atoms with Gasteiger partial charge in [-0.1, -0.05) is 0 Å². The third-order valence-corrected chi connectivity index (χ3v) is 1.60. The zero-order valence-corrected chi connectivity index (χ0v) is 6.09. The van der Waals surface area contributed by atoms with Gasteiger partial charge in [0.1, 0.15) is 0 Å². The van der Waals surface area contributed by atoms with E-state index in [4.69, 9.17) is 11.6 Å². The Kier molecular flexibility index (Phi) is 1.29. The quantitative estimate of drug-likeness (QED) is 0.602. The zero-order valence-electron chi connectivity index (χ0n) is 5.33. The summed E-state index contributed by atoms with van der Waals surface area (Å²) in [6.45, 7) is 0. The van der Waals surface area contributed by atoms with E-state index in [0.29, 0.717) is 0 Å². The molecule has 0 aromatic carbocycles. The van der Waals surface area contributed by atoms with E-state index in [1.807, 2.05) is 0 Å². The van der Waals surface area contributed by atoms with E-state index in [-0.39, 0.29) is 10.9 Å². The lowest BCUT2D eigenvalue weighted by molar-refractivity contribution is 0.629. The molecule has 3 nitrogen and oxygen atoms in total. The molecule has 0 spiro atoms. The second-order valence-electron chi connectivity index (χ2n) is 2.02. The molecular formula is C6H3ClFN3. The maximum Gasteiger partial charge on any atom is 0.229 e. The van der Waals surface area contributed by atoms with Crippen LogP contribution in [0.3, 0.4) is 0 Å². The van der Waals surface area contributed by atoms with Crippen LogP contribution in [-0.2, 0) is 0 Å². The van der Waals surface area contributed by atoms with Crippen LogP contribution in [0.5, 0.6) is 0 Å². The molecule has 0 unspecified atom stereocenters. The second-order valence-corrected chi connectivity index (χ2v) is 2.36. The molecule has 0 fully saturated rings. The molecule has 0 amide bonds. The third-order valence-electron chi connectivity index (χ3n) is 1.35. The summed E-state index contributed by atoms with van der Waals surface area (Å²) in [5, 5.41) is 7.18. The standard InChI is InChI=1S/C6H3ClFN3/c7-6-10-9-5-4(8)2-1-3-11(5)6/h1-3H. The number of halogens is 2. The Labute approximate surface area is 66.4 Å². The fraction of sp³-hybridized carbons (Fsp3) is 0. The minimum atomic E-state index is -0.424. The maximum absolute atomic E-state index is 12.8. The first kappa shape index (κ1) is 6.54. The lowest BCUT2D eigenvalue weighted by atomic mass is 10.4. The molecule has 0 saturated carbocycles. The number of hydrogen-bond acceptors (Lipinski definition) is 2. The van der Waals surface area contributed by atoms with Crippen molar-refractivity contribution in [1.82, 2.24) is 14.6 Å². The number of fused-ring (bicyclic) bond motifs is 1. The Balaban J connectivity index is 2.94. The molecule has 0 bridgehead atoms. The molecule has 0 saturated heterocycles. The monoisotopic (exact) mass is 171 g/mol. The van der Waals surface area contributed by atoms with Gasteiger partial charge in [0.25, 0.3) is 0 Å².